The number of nitrogens with two attached hydrogens (primary N) is 1. The van der Waals surface area contributed by atoms with E-state index in [2.05, 4.69) is 0 Å². The lowest BCUT2D eigenvalue weighted by atomic mass is 10.1. The lowest BCUT2D eigenvalue weighted by molar-refractivity contribution is 0.0828. The Balaban J connectivity index is 2.63. The minimum Gasteiger partial charge on any atom is -0.495 e. The van der Waals surface area contributed by atoms with Gasteiger partial charge in [0.05, 0.1) is 18.4 Å². The third-order valence-corrected chi connectivity index (χ3v) is 2.56. The van der Waals surface area contributed by atoms with Crippen LogP contribution in [0.2, 0.25) is 0 Å². The number of ether oxygens (including phenoxy) is 1. The highest BCUT2D eigenvalue weighted by Gasteiger charge is 2.17. The number of fused-ring (bicyclic) bond motifs is 1. The summed E-state index contributed by atoms with van der Waals surface area (Å²) in [4.78, 5) is 13.4. The molecule has 2 rings (SSSR count). The van der Waals surface area contributed by atoms with Gasteiger partial charge < -0.3 is 19.8 Å². The molecule has 0 aliphatic rings. The van der Waals surface area contributed by atoms with Gasteiger partial charge in [0.1, 0.15) is 17.6 Å². The molecule has 1 aromatic heterocycles. The zero-order valence-corrected chi connectivity index (χ0v) is 9.98. The van der Waals surface area contributed by atoms with Crippen molar-refractivity contribution in [2.45, 2.75) is 0 Å². The first kappa shape index (κ1) is 11.3. The Kier molecular flexibility index (Phi) is 2.67. The summed E-state index contributed by atoms with van der Waals surface area (Å²) in [5, 5.41) is 0.703. The molecule has 90 valence electrons. The van der Waals surface area contributed by atoms with Crippen molar-refractivity contribution in [1.82, 2.24) is 4.90 Å². The van der Waals surface area contributed by atoms with Crippen LogP contribution in [0.25, 0.3) is 11.0 Å². The second-order valence-corrected chi connectivity index (χ2v) is 3.94. The molecule has 0 unspecified atom stereocenters. The van der Waals surface area contributed by atoms with Gasteiger partial charge in [-0.05, 0) is 6.07 Å². The topological polar surface area (TPSA) is 68.7 Å². The highest BCUT2D eigenvalue weighted by atomic mass is 16.5. The Hall–Kier alpha value is -2.17. The van der Waals surface area contributed by atoms with Crippen LogP contribution in [0.15, 0.2) is 22.8 Å². The molecule has 0 saturated heterocycles. The van der Waals surface area contributed by atoms with Crippen LogP contribution in [0.1, 0.15) is 10.4 Å². The fourth-order valence-electron chi connectivity index (χ4n) is 1.65. The first-order valence-corrected chi connectivity index (χ1v) is 5.11. The summed E-state index contributed by atoms with van der Waals surface area (Å²) in [6.07, 6.45) is 1.44. The van der Waals surface area contributed by atoms with Crippen molar-refractivity contribution < 1.29 is 13.9 Å². The number of methoxy groups -OCH3 is 1. The van der Waals surface area contributed by atoms with Crippen LogP contribution in [0.5, 0.6) is 5.75 Å². The molecule has 1 amide bonds. The number of amides is 1. The van der Waals surface area contributed by atoms with E-state index in [1.807, 2.05) is 0 Å². The SMILES string of the molecule is COc1cc2c(C(=O)N(C)C)coc2cc1N. The summed E-state index contributed by atoms with van der Waals surface area (Å²) in [6, 6.07) is 3.37. The number of furan rings is 1. The quantitative estimate of drug-likeness (QED) is 0.803. The number of anilines is 1. The van der Waals surface area contributed by atoms with Gasteiger partial charge in [-0.3, -0.25) is 4.79 Å². The molecular formula is C12H14N2O3. The maximum atomic E-state index is 11.9. The van der Waals surface area contributed by atoms with Crippen LogP contribution < -0.4 is 10.5 Å². The Labute approximate surface area is 98.7 Å². The smallest absolute Gasteiger partial charge is 0.257 e. The maximum Gasteiger partial charge on any atom is 0.257 e. The van der Waals surface area contributed by atoms with Crippen LogP contribution in [-0.2, 0) is 0 Å². The highest BCUT2D eigenvalue weighted by Crippen LogP contribution is 2.31. The molecule has 17 heavy (non-hydrogen) atoms. The lowest BCUT2D eigenvalue weighted by Gasteiger charge is -2.09. The van der Waals surface area contributed by atoms with Gasteiger partial charge in [0.15, 0.2) is 0 Å². The standard InChI is InChI=1S/C12H14N2O3/c1-14(2)12(15)8-6-17-10-5-9(13)11(16-3)4-7(8)10/h4-6H,13H2,1-3H3. The minimum absolute atomic E-state index is 0.115. The fourth-order valence-corrected chi connectivity index (χ4v) is 1.65. The number of carbonyl (C=O) groups is 1. The molecule has 0 saturated carbocycles. The average molecular weight is 234 g/mol. The molecule has 0 bridgehead atoms. The Morgan fingerprint density at radius 2 is 2.12 bits per heavy atom. The van der Waals surface area contributed by atoms with Crippen molar-refractivity contribution in [3.8, 4) is 5.75 Å². The van der Waals surface area contributed by atoms with Crippen LogP contribution in [0, 0.1) is 0 Å². The Bertz CT molecular complexity index is 572. The van der Waals surface area contributed by atoms with E-state index in [9.17, 15) is 4.79 Å². The molecule has 1 heterocycles. The number of nitrogen functional groups attached to an aromatic ring is 1. The summed E-state index contributed by atoms with van der Waals surface area (Å²) in [7, 11) is 4.91. The van der Waals surface area contributed by atoms with Gasteiger partial charge in [-0.25, -0.2) is 0 Å². The van der Waals surface area contributed by atoms with Crippen LogP contribution in [0.3, 0.4) is 0 Å². The predicted molar refractivity (Wildman–Crippen MR) is 65.2 cm³/mol. The molecule has 0 aliphatic carbocycles. The van der Waals surface area contributed by atoms with Gasteiger partial charge in [-0.15, -0.1) is 0 Å². The van der Waals surface area contributed by atoms with E-state index in [0.29, 0.717) is 28.0 Å². The number of rotatable bonds is 2. The van der Waals surface area contributed by atoms with Crippen LogP contribution in [-0.4, -0.2) is 32.0 Å². The summed E-state index contributed by atoms with van der Waals surface area (Å²) in [5.74, 6) is 0.419. The highest BCUT2D eigenvalue weighted by molar-refractivity contribution is 6.06. The van der Waals surface area contributed by atoms with E-state index >= 15 is 0 Å². The summed E-state index contributed by atoms with van der Waals surface area (Å²) in [5.41, 5.74) is 7.33. The Morgan fingerprint density at radius 3 is 2.71 bits per heavy atom. The molecule has 5 heteroatoms. The van der Waals surface area contributed by atoms with E-state index < -0.39 is 0 Å². The summed E-state index contributed by atoms with van der Waals surface area (Å²) >= 11 is 0. The summed E-state index contributed by atoms with van der Waals surface area (Å²) < 4.78 is 10.4. The number of hydrogen-bond donors (Lipinski definition) is 1. The third-order valence-electron chi connectivity index (χ3n) is 2.56. The molecule has 0 radical (unpaired) electrons. The molecule has 0 aliphatic heterocycles. The van der Waals surface area contributed by atoms with Crippen molar-refractivity contribution in [3.63, 3.8) is 0 Å². The molecule has 0 fully saturated rings. The third kappa shape index (κ3) is 1.80. The maximum absolute atomic E-state index is 11.9. The lowest BCUT2D eigenvalue weighted by Crippen LogP contribution is -2.21. The number of nitrogens with zero attached hydrogens (tertiary/aromatic N) is 1. The van der Waals surface area contributed by atoms with Gasteiger partial charge >= 0.3 is 0 Å². The van der Waals surface area contributed by atoms with Gasteiger partial charge in [-0.2, -0.15) is 0 Å². The van der Waals surface area contributed by atoms with Crippen molar-refractivity contribution in [3.05, 3.63) is 24.0 Å². The van der Waals surface area contributed by atoms with E-state index in [-0.39, 0.29) is 5.91 Å². The van der Waals surface area contributed by atoms with Crippen molar-refractivity contribution in [2.75, 3.05) is 26.9 Å². The molecular weight excluding hydrogens is 220 g/mol. The normalized spacial score (nSPS) is 10.5. The first-order chi connectivity index (χ1) is 8.04. The monoisotopic (exact) mass is 234 g/mol. The first-order valence-electron chi connectivity index (χ1n) is 5.11. The molecule has 2 aromatic rings. The minimum atomic E-state index is -0.115. The molecule has 0 spiro atoms. The van der Waals surface area contributed by atoms with Gasteiger partial charge in [0, 0.05) is 25.5 Å². The average Bonchev–Trinajstić information content (AvgIpc) is 2.69. The molecule has 0 atom stereocenters. The van der Waals surface area contributed by atoms with E-state index in [1.165, 1.54) is 18.3 Å². The Morgan fingerprint density at radius 1 is 1.41 bits per heavy atom. The van der Waals surface area contributed by atoms with Crippen molar-refractivity contribution >= 4 is 22.6 Å². The van der Waals surface area contributed by atoms with Crippen LogP contribution >= 0.6 is 0 Å². The van der Waals surface area contributed by atoms with Crippen molar-refractivity contribution in [2.24, 2.45) is 0 Å². The van der Waals surface area contributed by atoms with Gasteiger partial charge in [0.2, 0.25) is 0 Å². The van der Waals surface area contributed by atoms with E-state index in [0.717, 1.165) is 0 Å². The van der Waals surface area contributed by atoms with Crippen molar-refractivity contribution in [1.29, 1.82) is 0 Å². The predicted octanol–water partition coefficient (Wildman–Crippen LogP) is 1.73. The van der Waals surface area contributed by atoms with Crippen LogP contribution in [0.4, 0.5) is 5.69 Å². The van der Waals surface area contributed by atoms with Gasteiger partial charge in [0.25, 0.3) is 5.91 Å². The molecule has 2 N–H and O–H groups in total. The zero-order chi connectivity index (χ0) is 12.6. The second-order valence-electron chi connectivity index (χ2n) is 3.94. The number of benzene rings is 1. The number of hydrogen-bond acceptors (Lipinski definition) is 4. The largest absolute Gasteiger partial charge is 0.495 e. The molecule has 5 nitrogen and oxygen atoms in total. The zero-order valence-electron chi connectivity index (χ0n) is 9.98. The van der Waals surface area contributed by atoms with E-state index in [4.69, 9.17) is 14.9 Å². The number of carbonyl (C=O) groups excluding carboxylic acids is 1. The summed E-state index contributed by atoms with van der Waals surface area (Å²) in [6.45, 7) is 0. The molecule has 1 aromatic carbocycles. The fraction of sp³-hybridized carbons (Fsp3) is 0.250. The van der Waals surface area contributed by atoms with E-state index in [1.54, 1.807) is 26.2 Å². The van der Waals surface area contributed by atoms with Gasteiger partial charge in [-0.1, -0.05) is 0 Å². The second kappa shape index (κ2) is 4.01.